The molecule has 0 radical (unpaired) electrons. The first kappa shape index (κ1) is 18.3. The van der Waals surface area contributed by atoms with Crippen molar-refractivity contribution in [2.45, 2.75) is 19.2 Å². The Balaban J connectivity index is 1.91. The highest BCUT2D eigenvalue weighted by Gasteiger charge is 2.30. The summed E-state index contributed by atoms with van der Waals surface area (Å²) in [7, 11) is 0. The van der Waals surface area contributed by atoms with E-state index in [1.54, 1.807) is 18.2 Å². The number of hydrogen-bond acceptors (Lipinski definition) is 3. The minimum Gasteiger partial charge on any atom is -0.406 e. The summed E-state index contributed by atoms with van der Waals surface area (Å²) in [5.41, 5.74) is 6.42. The van der Waals surface area contributed by atoms with Crippen LogP contribution in [0.3, 0.4) is 0 Å². The number of para-hydroxylation sites is 1. The van der Waals surface area contributed by atoms with Gasteiger partial charge in [0.25, 0.3) is 5.91 Å². The van der Waals surface area contributed by atoms with Crippen LogP contribution in [-0.4, -0.2) is 18.2 Å². The third kappa shape index (κ3) is 5.83. The smallest absolute Gasteiger partial charge is 0.406 e. The van der Waals surface area contributed by atoms with Crippen LogP contribution < -0.4 is 15.8 Å². The van der Waals surface area contributed by atoms with Crippen LogP contribution in [0.1, 0.15) is 22.3 Å². The highest BCUT2D eigenvalue weighted by Crippen LogP contribution is 2.23. The molecule has 132 valence electrons. The fraction of sp³-hybridized carbons (Fsp3) is 0.176. The van der Waals surface area contributed by atoms with E-state index in [4.69, 9.17) is 5.73 Å². The number of halogens is 3. The summed E-state index contributed by atoms with van der Waals surface area (Å²) in [5, 5.41) is 2.59. The van der Waals surface area contributed by atoms with Crippen molar-refractivity contribution in [2.24, 2.45) is 5.73 Å². The monoisotopic (exact) mass is 352 g/mol. The van der Waals surface area contributed by atoms with Crippen LogP contribution >= 0.6 is 0 Å². The van der Waals surface area contributed by atoms with Gasteiger partial charge in [0.2, 0.25) is 5.91 Å². The Labute approximate surface area is 141 Å². The van der Waals surface area contributed by atoms with Crippen LogP contribution in [0.25, 0.3) is 0 Å². The molecule has 0 aliphatic heterocycles. The third-order valence-corrected chi connectivity index (χ3v) is 3.26. The van der Waals surface area contributed by atoms with Gasteiger partial charge in [0.1, 0.15) is 5.75 Å². The van der Waals surface area contributed by atoms with Gasteiger partial charge in [0.05, 0.1) is 11.3 Å². The highest BCUT2D eigenvalue weighted by atomic mass is 19.4. The van der Waals surface area contributed by atoms with Crippen molar-refractivity contribution >= 4 is 17.5 Å². The number of carbonyl (C=O) groups is 2. The lowest BCUT2D eigenvalue weighted by atomic mass is 10.1. The molecule has 5 nitrogen and oxygen atoms in total. The molecule has 8 heteroatoms. The summed E-state index contributed by atoms with van der Waals surface area (Å²) < 4.78 is 40.0. The van der Waals surface area contributed by atoms with Gasteiger partial charge in [0.15, 0.2) is 0 Å². The number of nitrogens with one attached hydrogen (secondary N) is 1. The number of nitrogens with two attached hydrogens (primary N) is 1. The molecule has 2 rings (SSSR count). The summed E-state index contributed by atoms with van der Waals surface area (Å²) in [6.07, 6.45) is -4.33. The molecule has 0 fully saturated rings. The molecule has 0 aliphatic rings. The summed E-state index contributed by atoms with van der Waals surface area (Å²) in [4.78, 5) is 23.3. The number of carbonyl (C=O) groups excluding carboxylic acids is 2. The molecule has 2 aromatic rings. The zero-order chi connectivity index (χ0) is 18.4. The number of benzene rings is 2. The van der Waals surface area contributed by atoms with Crippen molar-refractivity contribution in [2.75, 3.05) is 5.32 Å². The van der Waals surface area contributed by atoms with Crippen molar-refractivity contribution < 1.29 is 27.5 Å². The molecule has 0 saturated carbocycles. The van der Waals surface area contributed by atoms with E-state index < -0.39 is 12.3 Å². The Morgan fingerprint density at radius 3 is 2.28 bits per heavy atom. The van der Waals surface area contributed by atoms with Crippen LogP contribution in [0.15, 0.2) is 48.5 Å². The normalized spacial score (nSPS) is 11.0. The number of aryl methyl sites for hydroxylation is 1. The van der Waals surface area contributed by atoms with E-state index in [-0.39, 0.29) is 23.6 Å². The number of alkyl halides is 3. The Kier molecular flexibility index (Phi) is 5.63. The van der Waals surface area contributed by atoms with Gasteiger partial charge in [-0.15, -0.1) is 13.2 Å². The minimum absolute atomic E-state index is 0.0899. The van der Waals surface area contributed by atoms with E-state index in [0.717, 1.165) is 0 Å². The zero-order valence-electron chi connectivity index (χ0n) is 13.0. The maximum absolute atomic E-state index is 12.1. The first-order chi connectivity index (χ1) is 11.7. The largest absolute Gasteiger partial charge is 0.573 e. The van der Waals surface area contributed by atoms with Gasteiger partial charge in [-0.25, -0.2) is 0 Å². The molecule has 0 spiro atoms. The van der Waals surface area contributed by atoms with Crippen LogP contribution in [0.5, 0.6) is 5.75 Å². The molecule has 2 aromatic carbocycles. The molecule has 0 aliphatic carbocycles. The summed E-state index contributed by atoms with van der Waals surface area (Å²) in [6, 6.07) is 11.6. The van der Waals surface area contributed by atoms with E-state index in [0.29, 0.717) is 17.7 Å². The van der Waals surface area contributed by atoms with Gasteiger partial charge in [-0.05, 0) is 36.2 Å². The zero-order valence-corrected chi connectivity index (χ0v) is 13.0. The molecular weight excluding hydrogens is 337 g/mol. The van der Waals surface area contributed by atoms with Crippen molar-refractivity contribution in [1.29, 1.82) is 0 Å². The van der Waals surface area contributed by atoms with Crippen molar-refractivity contribution in [3.05, 3.63) is 59.7 Å². The number of amides is 2. The van der Waals surface area contributed by atoms with Crippen molar-refractivity contribution in [1.82, 2.24) is 0 Å². The van der Waals surface area contributed by atoms with E-state index in [1.165, 1.54) is 30.3 Å². The molecular formula is C17H15F3N2O3. The van der Waals surface area contributed by atoms with Gasteiger partial charge in [-0.2, -0.15) is 0 Å². The average molecular weight is 352 g/mol. The number of ether oxygens (including phenoxy) is 1. The minimum atomic E-state index is -4.74. The van der Waals surface area contributed by atoms with Crippen LogP contribution in [0.4, 0.5) is 18.9 Å². The molecule has 3 N–H and O–H groups in total. The fourth-order valence-electron chi connectivity index (χ4n) is 2.14. The molecule has 25 heavy (non-hydrogen) atoms. The standard InChI is InChI=1S/C17H15F3N2O3/c18-17(19,20)25-12-8-5-11(6-9-12)7-10-15(23)22-14-4-2-1-3-13(14)16(21)24/h1-6,8-9H,7,10H2,(H2,21,24)(H,22,23). The second-order valence-corrected chi connectivity index (χ2v) is 5.15. The number of primary amides is 1. The molecule has 0 unspecified atom stereocenters. The molecule has 0 atom stereocenters. The van der Waals surface area contributed by atoms with E-state index in [1.807, 2.05) is 0 Å². The Morgan fingerprint density at radius 2 is 1.68 bits per heavy atom. The second-order valence-electron chi connectivity index (χ2n) is 5.15. The first-order valence-electron chi connectivity index (χ1n) is 7.28. The summed E-state index contributed by atoms with van der Waals surface area (Å²) >= 11 is 0. The third-order valence-electron chi connectivity index (χ3n) is 3.26. The SMILES string of the molecule is NC(=O)c1ccccc1NC(=O)CCc1ccc(OC(F)(F)F)cc1. The Bertz CT molecular complexity index is 758. The number of hydrogen-bond donors (Lipinski definition) is 2. The number of anilines is 1. The molecule has 0 aromatic heterocycles. The van der Waals surface area contributed by atoms with E-state index >= 15 is 0 Å². The van der Waals surface area contributed by atoms with Gasteiger partial charge < -0.3 is 15.8 Å². The molecule has 2 amide bonds. The number of rotatable bonds is 6. The van der Waals surface area contributed by atoms with Gasteiger partial charge in [-0.3, -0.25) is 9.59 Å². The summed E-state index contributed by atoms with van der Waals surface area (Å²) in [6.45, 7) is 0. The Hall–Kier alpha value is -3.03. The lowest BCUT2D eigenvalue weighted by Gasteiger charge is -2.10. The van der Waals surface area contributed by atoms with E-state index in [9.17, 15) is 22.8 Å². The van der Waals surface area contributed by atoms with Gasteiger partial charge >= 0.3 is 6.36 Å². The van der Waals surface area contributed by atoms with Crippen molar-refractivity contribution in [3.63, 3.8) is 0 Å². The molecule has 0 bridgehead atoms. The lowest BCUT2D eigenvalue weighted by Crippen LogP contribution is -2.18. The Morgan fingerprint density at radius 1 is 1.04 bits per heavy atom. The summed E-state index contributed by atoms with van der Waals surface area (Å²) in [5.74, 6) is -1.32. The first-order valence-corrected chi connectivity index (χ1v) is 7.28. The predicted octanol–water partition coefficient (Wildman–Crippen LogP) is 3.26. The maximum atomic E-state index is 12.1. The highest BCUT2D eigenvalue weighted by molar-refractivity contribution is 6.02. The molecule has 0 saturated heterocycles. The maximum Gasteiger partial charge on any atom is 0.573 e. The average Bonchev–Trinajstić information content (AvgIpc) is 2.53. The second kappa shape index (κ2) is 7.69. The molecule has 0 heterocycles. The van der Waals surface area contributed by atoms with Crippen LogP contribution in [-0.2, 0) is 11.2 Å². The van der Waals surface area contributed by atoms with Gasteiger partial charge in [0, 0.05) is 6.42 Å². The van der Waals surface area contributed by atoms with Crippen LogP contribution in [0, 0.1) is 0 Å². The predicted molar refractivity (Wildman–Crippen MR) is 85.0 cm³/mol. The topological polar surface area (TPSA) is 81.4 Å². The van der Waals surface area contributed by atoms with Crippen LogP contribution in [0.2, 0.25) is 0 Å². The van der Waals surface area contributed by atoms with Gasteiger partial charge in [-0.1, -0.05) is 24.3 Å². The van der Waals surface area contributed by atoms with Crippen molar-refractivity contribution in [3.8, 4) is 5.75 Å². The quantitative estimate of drug-likeness (QED) is 0.837. The lowest BCUT2D eigenvalue weighted by molar-refractivity contribution is -0.274. The fourth-order valence-corrected chi connectivity index (χ4v) is 2.14. The van der Waals surface area contributed by atoms with E-state index in [2.05, 4.69) is 10.1 Å².